The van der Waals surface area contributed by atoms with Gasteiger partial charge in [-0.25, -0.2) is 0 Å². The first-order valence-corrected chi connectivity index (χ1v) is 5.03. The molecule has 4 nitrogen and oxygen atoms in total. The Hall–Kier alpha value is -0.900. The van der Waals surface area contributed by atoms with Crippen LogP contribution >= 0.6 is 0 Å². The van der Waals surface area contributed by atoms with Crippen molar-refractivity contribution >= 4 is 0 Å². The van der Waals surface area contributed by atoms with E-state index in [0.717, 1.165) is 18.9 Å². The molecule has 0 N–H and O–H groups in total. The van der Waals surface area contributed by atoms with E-state index in [4.69, 9.17) is 4.74 Å². The van der Waals surface area contributed by atoms with Crippen LogP contribution in [0.25, 0.3) is 0 Å². The fourth-order valence-electron chi connectivity index (χ4n) is 1.30. The SMILES string of the molecule is CCOCCc1nncn1C(C)(C)C. The molecule has 4 heteroatoms. The van der Waals surface area contributed by atoms with Crippen molar-refractivity contribution in [3.63, 3.8) is 0 Å². The molecule has 1 aromatic heterocycles. The van der Waals surface area contributed by atoms with Crippen molar-refractivity contribution in [3.8, 4) is 0 Å². The Labute approximate surface area is 85.3 Å². The number of hydrogen-bond donors (Lipinski definition) is 0. The number of aromatic nitrogens is 3. The van der Waals surface area contributed by atoms with Crippen molar-refractivity contribution in [2.24, 2.45) is 0 Å². The molecule has 80 valence electrons. The van der Waals surface area contributed by atoms with E-state index in [1.165, 1.54) is 0 Å². The average Bonchev–Trinajstić information content (AvgIpc) is 2.52. The van der Waals surface area contributed by atoms with Gasteiger partial charge in [-0.2, -0.15) is 0 Å². The predicted octanol–water partition coefficient (Wildman–Crippen LogP) is 1.61. The van der Waals surface area contributed by atoms with Gasteiger partial charge in [0.2, 0.25) is 0 Å². The predicted molar refractivity (Wildman–Crippen MR) is 55.2 cm³/mol. The van der Waals surface area contributed by atoms with Gasteiger partial charge in [0.1, 0.15) is 12.2 Å². The summed E-state index contributed by atoms with van der Waals surface area (Å²) in [5.74, 6) is 0.992. The molecule has 14 heavy (non-hydrogen) atoms. The summed E-state index contributed by atoms with van der Waals surface area (Å²) >= 11 is 0. The highest BCUT2D eigenvalue weighted by atomic mass is 16.5. The fourth-order valence-corrected chi connectivity index (χ4v) is 1.30. The van der Waals surface area contributed by atoms with E-state index in [1.807, 2.05) is 6.92 Å². The standard InChI is InChI=1S/C10H19N3O/c1-5-14-7-6-9-12-11-8-13(9)10(2,3)4/h8H,5-7H2,1-4H3. The molecule has 1 rings (SSSR count). The summed E-state index contributed by atoms with van der Waals surface area (Å²) in [5.41, 5.74) is 0.0467. The topological polar surface area (TPSA) is 39.9 Å². The molecular weight excluding hydrogens is 178 g/mol. The first-order chi connectivity index (χ1) is 6.55. The van der Waals surface area contributed by atoms with Crippen molar-refractivity contribution in [1.29, 1.82) is 0 Å². The van der Waals surface area contributed by atoms with Gasteiger partial charge in [-0.1, -0.05) is 0 Å². The van der Waals surface area contributed by atoms with E-state index in [0.29, 0.717) is 6.61 Å². The summed E-state index contributed by atoms with van der Waals surface area (Å²) in [7, 11) is 0. The van der Waals surface area contributed by atoms with Gasteiger partial charge >= 0.3 is 0 Å². The van der Waals surface area contributed by atoms with Gasteiger partial charge in [-0.15, -0.1) is 10.2 Å². The molecule has 0 bridgehead atoms. The molecule has 1 aromatic rings. The Kier molecular flexibility index (Phi) is 3.63. The zero-order valence-electron chi connectivity index (χ0n) is 9.45. The number of hydrogen-bond acceptors (Lipinski definition) is 3. The zero-order chi connectivity index (χ0) is 10.6. The second kappa shape index (κ2) is 4.55. The Morgan fingerprint density at radius 3 is 2.71 bits per heavy atom. The quantitative estimate of drug-likeness (QED) is 0.688. The number of ether oxygens (including phenoxy) is 1. The van der Waals surface area contributed by atoms with Gasteiger partial charge in [0.25, 0.3) is 0 Å². The van der Waals surface area contributed by atoms with Crippen LogP contribution in [-0.2, 0) is 16.7 Å². The lowest BCUT2D eigenvalue weighted by Gasteiger charge is -2.22. The second-order valence-electron chi connectivity index (χ2n) is 4.23. The highest BCUT2D eigenvalue weighted by molar-refractivity contribution is 4.92. The second-order valence-corrected chi connectivity index (χ2v) is 4.23. The van der Waals surface area contributed by atoms with Gasteiger partial charge in [-0.05, 0) is 27.7 Å². The lowest BCUT2D eigenvalue weighted by atomic mass is 10.1. The lowest BCUT2D eigenvalue weighted by molar-refractivity contribution is 0.147. The van der Waals surface area contributed by atoms with Crippen molar-refractivity contribution in [2.75, 3.05) is 13.2 Å². The Bertz CT molecular complexity index is 275. The van der Waals surface area contributed by atoms with Crippen LogP contribution in [0.1, 0.15) is 33.5 Å². The average molecular weight is 197 g/mol. The van der Waals surface area contributed by atoms with Crippen LogP contribution in [0.15, 0.2) is 6.33 Å². The van der Waals surface area contributed by atoms with Crippen LogP contribution in [-0.4, -0.2) is 28.0 Å². The molecule has 0 aromatic carbocycles. The summed E-state index contributed by atoms with van der Waals surface area (Å²) in [6.07, 6.45) is 2.60. The summed E-state index contributed by atoms with van der Waals surface area (Å²) in [6.45, 7) is 9.88. The van der Waals surface area contributed by atoms with Crippen LogP contribution in [0, 0.1) is 0 Å². The minimum Gasteiger partial charge on any atom is -0.381 e. The lowest BCUT2D eigenvalue weighted by Crippen LogP contribution is -2.24. The molecule has 1 heterocycles. The van der Waals surface area contributed by atoms with E-state index in [-0.39, 0.29) is 5.54 Å². The molecule has 0 aliphatic rings. The van der Waals surface area contributed by atoms with Crippen LogP contribution in [0.2, 0.25) is 0 Å². The zero-order valence-corrected chi connectivity index (χ0v) is 9.45. The van der Waals surface area contributed by atoms with Crippen LogP contribution < -0.4 is 0 Å². The first-order valence-electron chi connectivity index (χ1n) is 5.03. The molecule has 0 amide bonds. The normalized spacial score (nSPS) is 12.0. The molecule has 0 unspecified atom stereocenters. The highest BCUT2D eigenvalue weighted by Gasteiger charge is 2.16. The van der Waals surface area contributed by atoms with E-state index in [1.54, 1.807) is 6.33 Å². The molecule has 0 aliphatic heterocycles. The molecule has 0 spiro atoms. The monoisotopic (exact) mass is 197 g/mol. The van der Waals surface area contributed by atoms with Crippen molar-refractivity contribution in [2.45, 2.75) is 39.7 Å². The summed E-state index contributed by atoms with van der Waals surface area (Å²) in [5, 5.41) is 8.01. The van der Waals surface area contributed by atoms with Crippen LogP contribution in [0.4, 0.5) is 0 Å². The number of rotatable bonds is 4. The molecule has 0 saturated heterocycles. The molecule has 0 saturated carbocycles. The van der Waals surface area contributed by atoms with Crippen molar-refractivity contribution in [3.05, 3.63) is 12.2 Å². The summed E-state index contributed by atoms with van der Waals surface area (Å²) in [6, 6.07) is 0. The third kappa shape index (κ3) is 2.80. The van der Waals surface area contributed by atoms with Gasteiger partial charge in [0, 0.05) is 18.6 Å². The molecule has 0 fully saturated rings. The van der Waals surface area contributed by atoms with Gasteiger partial charge < -0.3 is 9.30 Å². The minimum atomic E-state index is 0.0467. The Morgan fingerprint density at radius 1 is 1.43 bits per heavy atom. The Balaban J connectivity index is 2.63. The molecule has 0 atom stereocenters. The Morgan fingerprint density at radius 2 is 2.14 bits per heavy atom. The van der Waals surface area contributed by atoms with E-state index >= 15 is 0 Å². The van der Waals surface area contributed by atoms with Crippen molar-refractivity contribution < 1.29 is 4.74 Å². The molecular formula is C10H19N3O. The highest BCUT2D eigenvalue weighted by Crippen LogP contribution is 2.15. The first kappa shape index (κ1) is 11.2. The van der Waals surface area contributed by atoms with E-state index in [9.17, 15) is 0 Å². The van der Waals surface area contributed by atoms with Crippen molar-refractivity contribution in [1.82, 2.24) is 14.8 Å². The maximum atomic E-state index is 5.29. The molecule has 0 radical (unpaired) electrons. The maximum absolute atomic E-state index is 5.29. The minimum absolute atomic E-state index is 0.0467. The van der Waals surface area contributed by atoms with E-state index in [2.05, 4.69) is 35.5 Å². The van der Waals surface area contributed by atoms with Gasteiger partial charge in [0.15, 0.2) is 0 Å². The summed E-state index contributed by atoms with van der Waals surface area (Å²) < 4.78 is 7.38. The maximum Gasteiger partial charge on any atom is 0.135 e. The van der Waals surface area contributed by atoms with Gasteiger partial charge in [0.05, 0.1) is 6.61 Å². The van der Waals surface area contributed by atoms with E-state index < -0.39 is 0 Å². The molecule has 0 aliphatic carbocycles. The fraction of sp³-hybridized carbons (Fsp3) is 0.800. The third-order valence-corrected chi connectivity index (χ3v) is 2.02. The smallest absolute Gasteiger partial charge is 0.135 e. The van der Waals surface area contributed by atoms with Gasteiger partial charge in [-0.3, -0.25) is 0 Å². The van der Waals surface area contributed by atoms with Crippen LogP contribution in [0.5, 0.6) is 0 Å². The number of nitrogens with zero attached hydrogens (tertiary/aromatic N) is 3. The van der Waals surface area contributed by atoms with Crippen LogP contribution in [0.3, 0.4) is 0 Å². The largest absolute Gasteiger partial charge is 0.381 e. The third-order valence-electron chi connectivity index (χ3n) is 2.02. The summed E-state index contributed by atoms with van der Waals surface area (Å²) in [4.78, 5) is 0.